The van der Waals surface area contributed by atoms with Gasteiger partial charge in [-0.3, -0.25) is 0 Å². The molecule has 0 bridgehead atoms. The first-order chi connectivity index (χ1) is 12.6. The summed E-state index contributed by atoms with van der Waals surface area (Å²) < 4.78 is 11.5. The van der Waals surface area contributed by atoms with Crippen LogP contribution < -0.4 is 4.74 Å². The van der Waals surface area contributed by atoms with Gasteiger partial charge in [-0.15, -0.1) is 0 Å². The van der Waals surface area contributed by atoms with Crippen molar-refractivity contribution in [1.82, 2.24) is 0 Å². The highest BCUT2D eigenvalue weighted by Crippen LogP contribution is 2.34. The molecule has 3 rings (SSSR count). The Morgan fingerprint density at radius 2 is 1.77 bits per heavy atom. The summed E-state index contributed by atoms with van der Waals surface area (Å²) in [4.78, 5) is 0. The number of aliphatic hydroxyl groups is 4. The van der Waals surface area contributed by atoms with Crippen LogP contribution in [0.3, 0.4) is 0 Å². The summed E-state index contributed by atoms with van der Waals surface area (Å²) in [5.74, 6) is 1.44. The van der Waals surface area contributed by atoms with Crippen molar-refractivity contribution in [3.05, 3.63) is 29.8 Å². The zero-order chi connectivity index (χ0) is 18.5. The maximum Gasteiger partial charge on any atom is 0.119 e. The quantitative estimate of drug-likeness (QED) is 0.610. The van der Waals surface area contributed by atoms with Crippen LogP contribution in [0.1, 0.15) is 50.2 Å². The lowest BCUT2D eigenvalue weighted by Gasteiger charge is -2.40. The molecule has 6 nitrogen and oxygen atoms in total. The molecule has 0 spiro atoms. The van der Waals surface area contributed by atoms with Crippen LogP contribution in [-0.2, 0) is 4.74 Å². The number of hydrogen-bond acceptors (Lipinski definition) is 6. The van der Waals surface area contributed by atoms with Crippen LogP contribution in [0.4, 0.5) is 0 Å². The average Bonchev–Trinajstić information content (AvgIpc) is 2.67. The smallest absolute Gasteiger partial charge is 0.119 e. The molecule has 146 valence electrons. The zero-order valence-corrected chi connectivity index (χ0v) is 15.0. The summed E-state index contributed by atoms with van der Waals surface area (Å²) in [6.45, 7) is 0.224. The fourth-order valence-electron chi connectivity index (χ4n) is 3.98. The van der Waals surface area contributed by atoms with Crippen LogP contribution in [0.25, 0.3) is 0 Å². The van der Waals surface area contributed by atoms with Gasteiger partial charge in [-0.2, -0.15) is 0 Å². The Hall–Kier alpha value is -1.18. The maximum atomic E-state index is 10.3. The summed E-state index contributed by atoms with van der Waals surface area (Å²) in [5.41, 5.74) is 0.650. The van der Waals surface area contributed by atoms with Crippen LogP contribution >= 0.6 is 0 Å². The molecule has 1 unspecified atom stereocenters. The molecular weight excluding hydrogens is 336 g/mol. The van der Waals surface area contributed by atoms with Gasteiger partial charge in [0.15, 0.2) is 0 Å². The van der Waals surface area contributed by atoms with Gasteiger partial charge < -0.3 is 29.9 Å². The van der Waals surface area contributed by atoms with Crippen molar-refractivity contribution in [2.75, 3.05) is 13.2 Å². The second-order valence-electron chi connectivity index (χ2n) is 7.46. The first-order valence-corrected chi connectivity index (χ1v) is 9.63. The van der Waals surface area contributed by atoms with E-state index in [2.05, 4.69) is 0 Å². The predicted molar refractivity (Wildman–Crippen MR) is 95.8 cm³/mol. The van der Waals surface area contributed by atoms with Crippen molar-refractivity contribution >= 4 is 0 Å². The second-order valence-corrected chi connectivity index (χ2v) is 7.46. The number of benzene rings is 1. The number of hydrogen-bond donors (Lipinski definition) is 4. The largest absolute Gasteiger partial charge is 0.494 e. The Bertz CT molecular complexity index is 557. The lowest BCUT2D eigenvalue weighted by Crippen LogP contribution is -2.55. The molecule has 1 heterocycles. The molecule has 4 N–H and O–H groups in total. The molecule has 1 saturated heterocycles. The molecule has 0 aromatic heterocycles. The van der Waals surface area contributed by atoms with E-state index in [4.69, 9.17) is 9.47 Å². The minimum atomic E-state index is -1.37. The summed E-state index contributed by atoms with van der Waals surface area (Å²) in [6.07, 6.45) is 1.87. The van der Waals surface area contributed by atoms with Gasteiger partial charge >= 0.3 is 0 Å². The molecule has 2 fully saturated rings. The standard InChI is InChI=1S/C20H30O6/c21-12-16-17(22)18(23)19(24)20(26-16)14-7-4-8-15(11-14)25-10-9-13-5-2-1-3-6-13/h4,7-8,11,13,16-24H,1-3,5-6,9-10,12H2/t16-,17-,18+,19+,20?/m1/s1. The summed E-state index contributed by atoms with van der Waals surface area (Å²) in [5, 5.41) is 39.4. The van der Waals surface area contributed by atoms with E-state index in [1.807, 2.05) is 12.1 Å². The predicted octanol–water partition coefficient (Wildman–Crippen LogP) is 1.55. The highest BCUT2D eigenvalue weighted by atomic mass is 16.5. The van der Waals surface area contributed by atoms with Crippen molar-refractivity contribution < 1.29 is 29.9 Å². The molecule has 0 radical (unpaired) electrons. The van der Waals surface area contributed by atoms with Crippen LogP contribution in [0.2, 0.25) is 0 Å². The van der Waals surface area contributed by atoms with Gasteiger partial charge in [-0.1, -0.05) is 44.2 Å². The van der Waals surface area contributed by atoms with Crippen molar-refractivity contribution in [2.45, 2.75) is 69.0 Å². The van der Waals surface area contributed by atoms with Gasteiger partial charge in [-0.05, 0) is 30.0 Å². The number of aliphatic hydroxyl groups excluding tert-OH is 4. The molecule has 1 aliphatic heterocycles. The van der Waals surface area contributed by atoms with Crippen LogP contribution in [0.5, 0.6) is 5.75 Å². The molecular formula is C20H30O6. The Morgan fingerprint density at radius 1 is 1.00 bits per heavy atom. The molecule has 1 saturated carbocycles. The van der Waals surface area contributed by atoms with Crippen LogP contribution in [0, 0.1) is 5.92 Å². The molecule has 0 amide bonds. The molecule has 1 aliphatic carbocycles. The molecule has 5 atom stereocenters. The fourth-order valence-corrected chi connectivity index (χ4v) is 3.98. The third kappa shape index (κ3) is 4.56. The first-order valence-electron chi connectivity index (χ1n) is 9.63. The SMILES string of the molecule is OC[C@H]1OC(c2cccc(OCCC3CCCCC3)c2)[C@@H](O)[C@@H](O)[C@@H]1O. The van der Waals surface area contributed by atoms with E-state index < -0.39 is 37.1 Å². The topological polar surface area (TPSA) is 99.4 Å². The monoisotopic (exact) mass is 366 g/mol. The average molecular weight is 366 g/mol. The normalized spacial score (nSPS) is 33.2. The van der Waals surface area contributed by atoms with Gasteiger partial charge in [0.05, 0.1) is 13.2 Å². The van der Waals surface area contributed by atoms with Crippen molar-refractivity contribution in [3.8, 4) is 5.75 Å². The van der Waals surface area contributed by atoms with Crippen molar-refractivity contribution in [2.24, 2.45) is 5.92 Å². The third-order valence-corrected chi connectivity index (χ3v) is 5.60. The first kappa shape index (κ1) is 19.6. The summed E-state index contributed by atoms with van der Waals surface area (Å²) in [7, 11) is 0. The zero-order valence-electron chi connectivity index (χ0n) is 15.0. The lowest BCUT2D eigenvalue weighted by molar-refractivity contribution is -0.231. The third-order valence-electron chi connectivity index (χ3n) is 5.60. The second kappa shape index (κ2) is 9.15. The minimum Gasteiger partial charge on any atom is -0.494 e. The molecule has 26 heavy (non-hydrogen) atoms. The van der Waals surface area contributed by atoms with Gasteiger partial charge in [0.25, 0.3) is 0 Å². The highest BCUT2D eigenvalue weighted by molar-refractivity contribution is 5.31. The molecule has 1 aromatic rings. The van der Waals surface area contributed by atoms with Crippen LogP contribution in [-0.4, -0.2) is 58.1 Å². The van der Waals surface area contributed by atoms with E-state index >= 15 is 0 Å². The highest BCUT2D eigenvalue weighted by Gasteiger charge is 2.43. The Morgan fingerprint density at radius 3 is 2.50 bits per heavy atom. The molecule has 2 aliphatic rings. The van der Waals surface area contributed by atoms with E-state index in [0.29, 0.717) is 17.9 Å². The van der Waals surface area contributed by atoms with E-state index in [9.17, 15) is 20.4 Å². The van der Waals surface area contributed by atoms with Gasteiger partial charge in [-0.25, -0.2) is 0 Å². The maximum absolute atomic E-state index is 10.3. The van der Waals surface area contributed by atoms with E-state index in [1.54, 1.807) is 12.1 Å². The summed E-state index contributed by atoms with van der Waals surface area (Å²) in [6, 6.07) is 7.23. The Balaban J connectivity index is 1.60. The van der Waals surface area contributed by atoms with Gasteiger partial charge in [0.1, 0.15) is 36.3 Å². The van der Waals surface area contributed by atoms with Crippen LogP contribution in [0.15, 0.2) is 24.3 Å². The Labute approximate surface area is 154 Å². The number of rotatable bonds is 6. The Kier molecular flexibility index (Phi) is 6.89. The minimum absolute atomic E-state index is 0.432. The number of ether oxygens (including phenoxy) is 2. The van der Waals surface area contributed by atoms with E-state index in [0.717, 1.165) is 12.3 Å². The van der Waals surface area contributed by atoms with Crippen molar-refractivity contribution in [3.63, 3.8) is 0 Å². The van der Waals surface area contributed by atoms with Gasteiger partial charge in [0.2, 0.25) is 0 Å². The van der Waals surface area contributed by atoms with Gasteiger partial charge in [0, 0.05) is 0 Å². The van der Waals surface area contributed by atoms with Crippen molar-refractivity contribution in [1.29, 1.82) is 0 Å². The fraction of sp³-hybridized carbons (Fsp3) is 0.700. The van der Waals surface area contributed by atoms with E-state index in [1.165, 1.54) is 32.1 Å². The van der Waals surface area contributed by atoms with E-state index in [-0.39, 0.29) is 0 Å². The summed E-state index contributed by atoms with van der Waals surface area (Å²) >= 11 is 0. The molecule has 6 heteroatoms. The molecule has 1 aromatic carbocycles. The lowest BCUT2D eigenvalue weighted by atomic mass is 9.87.